The molecule has 4 heterocycles. The normalized spacial score (nSPS) is 12.1. The maximum atomic E-state index is 7.40. The van der Waals surface area contributed by atoms with Gasteiger partial charge in [0.25, 0.3) is 6.33 Å². The van der Waals surface area contributed by atoms with Crippen LogP contribution in [0.3, 0.4) is 0 Å². The first-order chi connectivity index (χ1) is 50.2. The van der Waals surface area contributed by atoms with E-state index in [9.17, 15) is 0 Å². The summed E-state index contributed by atoms with van der Waals surface area (Å²) in [5, 5.41) is 2.15. The molecule has 0 N–H and O–H groups in total. The first-order valence-corrected chi connectivity index (χ1v) is 34.8. The van der Waals surface area contributed by atoms with Gasteiger partial charge in [0, 0.05) is 55.7 Å². The number of hydrogen-bond acceptors (Lipinski definition) is 4. The van der Waals surface area contributed by atoms with E-state index < -0.39 is 6.98 Å². The molecule has 14 aromatic carbocycles. The van der Waals surface area contributed by atoms with Crippen LogP contribution in [-0.2, 0) is 26.5 Å². The van der Waals surface area contributed by atoms with Gasteiger partial charge in [-0.05, 0) is 180 Å². The summed E-state index contributed by atoms with van der Waals surface area (Å²) in [6, 6.07) is 132. The van der Waals surface area contributed by atoms with Crippen molar-refractivity contribution in [2.75, 3.05) is 9.62 Å². The summed E-state index contributed by atoms with van der Waals surface area (Å²) >= 11 is 0. The topological polar surface area (TPSA) is 42.3 Å². The third-order valence-electron chi connectivity index (χ3n) is 19.7. The summed E-state index contributed by atoms with van der Waals surface area (Å²) in [6.45, 7) is 6.29. The van der Waals surface area contributed by atoms with Crippen LogP contribution in [0.5, 0.6) is 11.5 Å². The van der Waals surface area contributed by atoms with Gasteiger partial charge in [0.15, 0.2) is 0 Å². The average Bonchev–Trinajstić information content (AvgIpc) is 1.60. The van der Waals surface area contributed by atoms with E-state index in [0.717, 1.165) is 145 Å². The number of ether oxygens (including phenoxy) is 1. The first-order valence-electron chi connectivity index (χ1n) is 34.8. The van der Waals surface area contributed by atoms with Crippen molar-refractivity contribution in [3.8, 4) is 95.5 Å². The fraction of sp³-hybridized carbons (Fsp3) is 0.0426. The van der Waals surface area contributed by atoms with E-state index in [-0.39, 0.29) is 26.5 Å². The van der Waals surface area contributed by atoms with Crippen molar-refractivity contribution in [1.29, 1.82) is 0 Å². The zero-order valence-corrected chi connectivity index (χ0v) is 59.2. The molecule has 0 bridgehead atoms. The van der Waals surface area contributed by atoms with Crippen molar-refractivity contribution < 1.29 is 30.4 Å². The van der Waals surface area contributed by atoms with Gasteiger partial charge in [0.1, 0.15) is 5.82 Å². The standard InChI is InChI=1S/C94H67BN6O.Pt/c1-94(2,3)75-51-52-96-92(59-75)99-86-44-23-22-41-84(86)85-50-49-80(63-91(85)99)102-81-61-76(95-100(77-37-18-8-19-38-77)89-47-26-27-48-90(89)101(95)78-39-20-9-21-40-78)60-79(62-81)97-64-98(88-46-25-24-45-87(88)97)93-82(73-55-69(65-29-10-4-11-30-65)53-70(56-73)66-31-12-5-13-32-66)42-28-43-83(93)74-57-71(67-33-14-6-15-34-67)54-72(58-74)68-35-16-7-17-36-68;/h4-61H,1-3H3;/q-2;. The predicted molar refractivity (Wildman–Crippen MR) is 420 cm³/mol. The first kappa shape index (κ1) is 64.1. The molecular formula is C94H67BN6OPt-2. The maximum absolute atomic E-state index is 7.40. The van der Waals surface area contributed by atoms with Crippen LogP contribution in [0.2, 0.25) is 0 Å². The Kier molecular flexibility index (Phi) is 16.8. The molecular weight excluding hydrogens is 1430 g/mol. The molecule has 17 aromatic rings. The second kappa shape index (κ2) is 27.0. The smallest absolute Gasteiger partial charge is 0.394 e. The number of fused-ring (bicyclic) bond motifs is 5. The summed E-state index contributed by atoms with van der Waals surface area (Å²) in [5.74, 6) is 1.85. The summed E-state index contributed by atoms with van der Waals surface area (Å²) in [6.07, 6.45) is 6.04. The molecule has 3 aromatic heterocycles. The van der Waals surface area contributed by atoms with Gasteiger partial charge in [-0.25, -0.2) is 4.98 Å². The van der Waals surface area contributed by atoms with Crippen molar-refractivity contribution in [3.63, 3.8) is 0 Å². The molecule has 1 aliphatic rings. The van der Waals surface area contributed by atoms with Crippen LogP contribution in [0.4, 0.5) is 22.7 Å². The Labute approximate surface area is 615 Å². The van der Waals surface area contributed by atoms with Crippen LogP contribution in [0.1, 0.15) is 26.3 Å². The number of benzene rings is 14. The quantitative estimate of drug-likeness (QED) is 0.0618. The van der Waals surface area contributed by atoms with Gasteiger partial charge in [-0.1, -0.05) is 257 Å². The molecule has 0 saturated heterocycles. The Bertz CT molecular complexity index is 5650. The Balaban J connectivity index is 0.00000787. The average molecular weight is 1500 g/mol. The number of imidazole rings is 1. The van der Waals surface area contributed by atoms with Crippen LogP contribution in [-0.4, -0.2) is 21.1 Å². The zero-order chi connectivity index (χ0) is 68.3. The van der Waals surface area contributed by atoms with E-state index in [2.05, 4.69) is 402 Å². The Morgan fingerprint density at radius 3 is 1.38 bits per heavy atom. The van der Waals surface area contributed by atoms with Gasteiger partial charge in [0.2, 0.25) is 0 Å². The molecule has 9 heteroatoms. The van der Waals surface area contributed by atoms with Crippen molar-refractivity contribution in [2.45, 2.75) is 26.2 Å². The van der Waals surface area contributed by atoms with Crippen molar-refractivity contribution in [3.05, 3.63) is 376 Å². The molecule has 0 aliphatic carbocycles. The van der Waals surface area contributed by atoms with Crippen LogP contribution < -0.4 is 24.4 Å². The SMILES string of the molecule is CC(C)(C)c1ccnc(-n2c3[c-]c(Oc4[c-]c(-n5[c-][n+](-c6c(-c7cc(-c8ccccc8)cc(-c8ccccc8)c7)cccc6-c6cc(-c7ccccc7)cc(-c7ccccc7)c6)c6ccccc65)cc(B5N(c6ccccc6)c6ccccc6N5c5ccccc5)c4)ccc3c3ccccc32)c1.[Pt]. The largest absolute Gasteiger partial charge is 0.510 e. The Hall–Kier alpha value is -12.3. The fourth-order valence-corrected chi connectivity index (χ4v) is 14.9. The second-order valence-electron chi connectivity index (χ2n) is 27.2. The molecule has 0 saturated carbocycles. The molecule has 494 valence electrons. The van der Waals surface area contributed by atoms with E-state index in [0.29, 0.717) is 11.5 Å². The van der Waals surface area contributed by atoms with Gasteiger partial charge in [-0.3, -0.25) is 4.57 Å². The van der Waals surface area contributed by atoms with E-state index in [1.807, 2.05) is 12.3 Å². The molecule has 0 atom stereocenters. The van der Waals surface area contributed by atoms with E-state index >= 15 is 0 Å². The molecule has 0 radical (unpaired) electrons. The Morgan fingerprint density at radius 1 is 0.388 bits per heavy atom. The number of nitrogens with zero attached hydrogens (tertiary/aromatic N) is 6. The van der Waals surface area contributed by atoms with E-state index in [1.165, 1.54) is 5.56 Å². The van der Waals surface area contributed by atoms with Crippen molar-refractivity contribution in [1.82, 2.24) is 14.1 Å². The minimum Gasteiger partial charge on any atom is -0.510 e. The maximum Gasteiger partial charge on any atom is 0.394 e. The van der Waals surface area contributed by atoms with Gasteiger partial charge in [-0.15, -0.1) is 35.1 Å². The third kappa shape index (κ3) is 12.0. The van der Waals surface area contributed by atoms with Crippen LogP contribution in [0.15, 0.2) is 352 Å². The van der Waals surface area contributed by atoms with Crippen molar-refractivity contribution >= 4 is 68.0 Å². The number of rotatable bonds is 14. The summed E-state index contributed by atoms with van der Waals surface area (Å²) in [5.41, 5.74) is 24.9. The molecule has 0 unspecified atom stereocenters. The zero-order valence-electron chi connectivity index (χ0n) is 57.0. The second-order valence-corrected chi connectivity index (χ2v) is 27.2. The fourth-order valence-electron chi connectivity index (χ4n) is 14.9. The number of pyridine rings is 1. The molecule has 7 nitrogen and oxygen atoms in total. The predicted octanol–water partition coefficient (Wildman–Crippen LogP) is 22.6. The number of aromatic nitrogens is 4. The molecule has 1 aliphatic heterocycles. The molecule has 18 rings (SSSR count). The van der Waals surface area contributed by atoms with Gasteiger partial charge >= 0.3 is 6.98 Å². The monoisotopic (exact) mass is 1500 g/mol. The third-order valence-corrected chi connectivity index (χ3v) is 19.7. The number of anilines is 4. The number of hydrogen-bond donors (Lipinski definition) is 0. The summed E-state index contributed by atoms with van der Waals surface area (Å²) in [7, 11) is 0. The summed E-state index contributed by atoms with van der Waals surface area (Å²) < 4.78 is 14.1. The van der Waals surface area contributed by atoms with Crippen LogP contribution >= 0.6 is 0 Å². The van der Waals surface area contributed by atoms with E-state index in [1.54, 1.807) is 0 Å². The molecule has 103 heavy (non-hydrogen) atoms. The number of para-hydroxylation sites is 8. The molecule has 0 fully saturated rings. The van der Waals surface area contributed by atoms with E-state index in [4.69, 9.17) is 9.72 Å². The van der Waals surface area contributed by atoms with Gasteiger partial charge in [0.05, 0.1) is 28.1 Å². The van der Waals surface area contributed by atoms with Crippen LogP contribution in [0, 0.1) is 18.5 Å². The molecule has 0 amide bonds. The minimum atomic E-state index is -0.425. The summed E-state index contributed by atoms with van der Waals surface area (Å²) in [4.78, 5) is 9.92. The van der Waals surface area contributed by atoms with Gasteiger partial charge < -0.3 is 23.5 Å². The molecule has 0 spiro atoms. The Morgan fingerprint density at radius 2 is 0.854 bits per heavy atom. The van der Waals surface area contributed by atoms with Crippen LogP contribution in [0.25, 0.3) is 117 Å². The minimum absolute atomic E-state index is 0. The van der Waals surface area contributed by atoms with Gasteiger partial charge in [-0.2, -0.15) is 12.1 Å². The van der Waals surface area contributed by atoms with Crippen molar-refractivity contribution in [2.24, 2.45) is 0 Å².